The molecule has 1 rings (SSSR count). The first-order valence-corrected chi connectivity index (χ1v) is 7.36. The molecule has 0 saturated heterocycles. The summed E-state index contributed by atoms with van der Waals surface area (Å²) < 4.78 is 0. The lowest BCUT2D eigenvalue weighted by Crippen LogP contribution is -2.36. The molecule has 18 heavy (non-hydrogen) atoms. The highest BCUT2D eigenvalue weighted by molar-refractivity contribution is 5.77. The van der Waals surface area contributed by atoms with E-state index in [1.807, 2.05) is 11.9 Å². The maximum absolute atomic E-state index is 11.7. The van der Waals surface area contributed by atoms with Gasteiger partial charge >= 0.3 is 0 Å². The van der Waals surface area contributed by atoms with Gasteiger partial charge in [-0.15, -0.1) is 0 Å². The number of nitrogens with zero attached hydrogens (tertiary/aromatic N) is 1. The Labute approximate surface area is 112 Å². The second-order valence-electron chi connectivity index (χ2n) is 5.20. The molecule has 0 spiro atoms. The minimum atomic E-state index is 0.209. The Morgan fingerprint density at radius 3 is 2.94 bits per heavy atom. The van der Waals surface area contributed by atoms with E-state index in [0.29, 0.717) is 6.54 Å². The lowest BCUT2D eigenvalue weighted by molar-refractivity contribution is -0.129. The molecule has 0 heterocycles. The topological polar surface area (TPSA) is 32.3 Å². The number of carbonyl (C=O) groups is 1. The van der Waals surface area contributed by atoms with E-state index in [9.17, 15) is 4.79 Å². The predicted molar refractivity (Wildman–Crippen MR) is 76.6 cm³/mol. The number of hydrogen-bond donors (Lipinski definition) is 1. The van der Waals surface area contributed by atoms with Gasteiger partial charge < -0.3 is 10.2 Å². The van der Waals surface area contributed by atoms with Crippen molar-refractivity contribution in [3.8, 4) is 0 Å². The fraction of sp³-hybridized carbons (Fsp3) is 0.800. The highest BCUT2D eigenvalue weighted by atomic mass is 16.2. The molecule has 0 aromatic carbocycles. The van der Waals surface area contributed by atoms with E-state index in [1.54, 1.807) is 5.57 Å². The van der Waals surface area contributed by atoms with Crippen LogP contribution in [0.5, 0.6) is 0 Å². The summed E-state index contributed by atoms with van der Waals surface area (Å²) >= 11 is 0. The summed E-state index contributed by atoms with van der Waals surface area (Å²) in [6.07, 6.45) is 10.9. The second kappa shape index (κ2) is 9.15. The fourth-order valence-corrected chi connectivity index (χ4v) is 2.23. The van der Waals surface area contributed by atoms with E-state index < -0.39 is 0 Å². The third kappa shape index (κ3) is 6.20. The highest BCUT2D eigenvalue weighted by Gasteiger charge is 2.07. The molecular weight excluding hydrogens is 224 g/mol. The average Bonchev–Trinajstić information content (AvgIpc) is 2.41. The zero-order valence-electron chi connectivity index (χ0n) is 12.0. The van der Waals surface area contributed by atoms with E-state index in [2.05, 4.69) is 18.3 Å². The molecule has 0 bridgehead atoms. The van der Waals surface area contributed by atoms with Gasteiger partial charge in [-0.05, 0) is 45.1 Å². The second-order valence-corrected chi connectivity index (χ2v) is 5.20. The van der Waals surface area contributed by atoms with Gasteiger partial charge in [0.15, 0.2) is 0 Å². The summed E-state index contributed by atoms with van der Waals surface area (Å²) in [6, 6.07) is 0. The monoisotopic (exact) mass is 252 g/mol. The molecule has 0 radical (unpaired) electrons. The van der Waals surface area contributed by atoms with E-state index in [4.69, 9.17) is 0 Å². The summed E-state index contributed by atoms with van der Waals surface area (Å²) in [5, 5.41) is 3.26. The van der Waals surface area contributed by atoms with Crippen LogP contribution in [-0.4, -0.2) is 37.5 Å². The minimum Gasteiger partial charge on any atom is -0.345 e. The number of likely N-dealkylation sites (N-methyl/N-ethyl adjacent to an activating group) is 1. The predicted octanol–water partition coefficient (Wildman–Crippen LogP) is 2.73. The van der Waals surface area contributed by atoms with Crippen LogP contribution in [0.3, 0.4) is 0 Å². The van der Waals surface area contributed by atoms with E-state index >= 15 is 0 Å². The molecule has 1 N–H and O–H groups in total. The van der Waals surface area contributed by atoms with E-state index in [-0.39, 0.29) is 5.91 Å². The van der Waals surface area contributed by atoms with Crippen molar-refractivity contribution in [3.05, 3.63) is 11.6 Å². The molecule has 0 aromatic rings. The van der Waals surface area contributed by atoms with Gasteiger partial charge in [-0.1, -0.05) is 25.0 Å². The van der Waals surface area contributed by atoms with Crippen LogP contribution in [0.4, 0.5) is 0 Å². The SMILES string of the molecule is CCCCN(C)C(=O)CNCCC1=CCCCC1. The van der Waals surface area contributed by atoms with Crippen molar-refractivity contribution in [1.82, 2.24) is 10.2 Å². The lowest BCUT2D eigenvalue weighted by atomic mass is 9.97. The van der Waals surface area contributed by atoms with Crippen LogP contribution in [0.2, 0.25) is 0 Å². The maximum atomic E-state index is 11.7. The minimum absolute atomic E-state index is 0.209. The lowest BCUT2D eigenvalue weighted by Gasteiger charge is -2.17. The molecule has 0 atom stereocenters. The molecule has 104 valence electrons. The highest BCUT2D eigenvalue weighted by Crippen LogP contribution is 2.19. The molecule has 3 heteroatoms. The van der Waals surface area contributed by atoms with Gasteiger partial charge in [-0.25, -0.2) is 0 Å². The van der Waals surface area contributed by atoms with Crippen LogP contribution in [-0.2, 0) is 4.79 Å². The quantitative estimate of drug-likeness (QED) is 0.532. The third-order valence-electron chi connectivity index (χ3n) is 3.56. The van der Waals surface area contributed by atoms with Gasteiger partial charge in [0.1, 0.15) is 0 Å². The van der Waals surface area contributed by atoms with Crippen LogP contribution in [0.25, 0.3) is 0 Å². The zero-order chi connectivity index (χ0) is 13.2. The first-order chi connectivity index (χ1) is 8.74. The van der Waals surface area contributed by atoms with Crippen LogP contribution in [0.15, 0.2) is 11.6 Å². The zero-order valence-corrected chi connectivity index (χ0v) is 12.0. The van der Waals surface area contributed by atoms with Crippen molar-refractivity contribution >= 4 is 5.91 Å². The number of nitrogens with one attached hydrogen (secondary N) is 1. The van der Waals surface area contributed by atoms with Gasteiger partial charge in [-0.3, -0.25) is 4.79 Å². The smallest absolute Gasteiger partial charge is 0.236 e. The summed E-state index contributed by atoms with van der Waals surface area (Å²) in [5.74, 6) is 0.209. The van der Waals surface area contributed by atoms with Gasteiger partial charge in [0.25, 0.3) is 0 Å². The van der Waals surface area contributed by atoms with Gasteiger partial charge in [0.2, 0.25) is 5.91 Å². The average molecular weight is 252 g/mol. The molecular formula is C15H28N2O. The summed E-state index contributed by atoms with van der Waals surface area (Å²) in [6.45, 7) is 4.43. The summed E-state index contributed by atoms with van der Waals surface area (Å²) in [7, 11) is 1.89. The molecule has 0 aliphatic heterocycles. The van der Waals surface area contributed by atoms with Crippen molar-refractivity contribution in [2.75, 3.05) is 26.7 Å². The Morgan fingerprint density at radius 2 is 2.28 bits per heavy atom. The Morgan fingerprint density at radius 1 is 1.44 bits per heavy atom. The largest absolute Gasteiger partial charge is 0.345 e. The van der Waals surface area contributed by atoms with E-state index in [0.717, 1.165) is 32.4 Å². The Kier molecular flexibility index (Phi) is 7.74. The first kappa shape index (κ1) is 15.2. The van der Waals surface area contributed by atoms with E-state index in [1.165, 1.54) is 25.7 Å². The normalized spacial score (nSPS) is 15.3. The third-order valence-corrected chi connectivity index (χ3v) is 3.56. The number of unbranched alkanes of at least 4 members (excludes halogenated alkanes) is 1. The number of rotatable bonds is 8. The van der Waals surface area contributed by atoms with Crippen LogP contribution < -0.4 is 5.32 Å². The molecule has 0 saturated carbocycles. The molecule has 3 nitrogen and oxygen atoms in total. The maximum Gasteiger partial charge on any atom is 0.236 e. The van der Waals surface area contributed by atoms with Crippen LogP contribution in [0.1, 0.15) is 51.9 Å². The molecule has 1 amide bonds. The molecule has 0 aromatic heterocycles. The van der Waals surface area contributed by atoms with Crippen LogP contribution in [0, 0.1) is 0 Å². The molecule has 0 fully saturated rings. The van der Waals surface area contributed by atoms with Crippen molar-refractivity contribution in [2.24, 2.45) is 0 Å². The summed E-state index contributed by atoms with van der Waals surface area (Å²) in [5.41, 5.74) is 1.57. The van der Waals surface area contributed by atoms with Crippen molar-refractivity contribution in [3.63, 3.8) is 0 Å². The fourth-order valence-electron chi connectivity index (χ4n) is 2.23. The number of allylic oxidation sites excluding steroid dienone is 1. The van der Waals surface area contributed by atoms with Crippen molar-refractivity contribution in [2.45, 2.75) is 51.9 Å². The van der Waals surface area contributed by atoms with Crippen molar-refractivity contribution in [1.29, 1.82) is 0 Å². The Balaban J connectivity index is 2.06. The number of amides is 1. The number of carbonyl (C=O) groups excluding carboxylic acids is 1. The Hall–Kier alpha value is -0.830. The molecule has 1 aliphatic rings. The molecule has 1 aliphatic carbocycles. The Bertz CT molecular complexity index is 274. The first-order valence-electron chi connectivity index (χ1n) is 7.36. The van der Waals surface area contributed by atoms with Crippen LogP contribution >= 0.6 is 0 Å². The van der Waals surface area contributed by atoms with Gasteiger partial charge in [-0.2, -0.15) is 0 Å². The number of hydrogen-bond acceptors (Lipinski definition) is 2. The molecule has 0 unspecified atom stereocenters. The standard InChI is InChI=1S/C15H28N2O/c1-3-4-12-17(2)15(18)13-16-11-10-14-8-6-5-7-9-14/h8,16H,3-7,9-13H2,1-2H3. The van der Waals surface area contributed by atoms with Gasteiger partial charge in [0.05, 0.1) is 6.54 Å². The van der Waals surface area contributed by atoms with Crippen molar-refractivity contribution < 1.29 is 4.79 Å². The summed E-state index contributed by atoms with van der Waals surface area (Å²) in [4.78, 5) is 13.6. The van der Waals surface area contributed by atoms with Gasteiger partial charge in [0, 0.05) is 13.6 Å².